The van der Waals surface area contributed by atoms with Crippen molar-refractivity contribution >= 4 is 22.0 Å². The molecule has 0 spiro atoms. The number of aromatic nitrogens is 3. The van der Waals surface area contributed by atoms with Crippen molar-refractivity contribution in [1.82, 2.24) is 14.5 Å². The minimum atomic E-state index is -0.307. The third-order valence-corrected chi connectivity index (χ3v) is 11.7. The topological polar surface area (TPSA) is 64.1 Å². The lowest BCUT2D eigenvalue weighted by Crippen LogP contribution is -2.17. The second-order valence-corrected chi connectivity index (χ2v) is 18.3. The van der Waals surface area contributed by atoms with Crippen molar-refractivity contribution in [3.8, 4) is 67.7 Å². The van der Waals surface area contributed by atoms with Crippen molar-refractivity contribution in [1.29, 1.82) is 0 Å². The van der Waals surface area contributed by atoms with Crippen LogP contribution in [0.1, 0.15) is 69.4 Å². The van der Waals surface area contributed by atoms with Gasteiger partial charge in [0, 0.05) is 33.2 Å². The lowest BCUT2D eigenvalue weighted by molar-refractivity contribution is 0.446. The fraction of sp³-hybridized carbons (Fsp3) is 0.200. The highest BCUT2D eigenvalue weighted by molar-refractivity contribution is 5.98. The molecule has 0 saturated carbocycles. The van der Waals surface area contributed by atoms with Gasteiger partial charge in [0.1, 0.15) is 17.3 Å². The molecule has 9 aromatic rings. The summed E-state index contributed by atoms with van der Waals surface area (Å²) in [6, 6.07) is 46.8. The maximum Gasteiger partial charge on any atom is 0.153 e. The fourth-order valence-electron chi connectivity index (χ4n) is 8.74. The molecule has 0 atom stereocenters. The quantitative estimate of drug-likeness (QED) is 0.182. The van der Waals surface area contributed by atoms with Crippen LogP contribution in [-0.2, 0) is 10.8 Å². The summed E-state index contributed by atoms with van der Waals surface area (Å²) < 4.78 is 8.62. The average Bonchev–Trinajstić information content (AvgIpc) is 3.81. The number of hydrogen-bond acceptors (Lipinski definition) is 4. The molecule has 1 N–H and O–H groups in total. The predicted octanol–water partition coefficient (Wildman–Crippen LogP) is 14.7. The van der Waals surface area contributed by atoms with E-state index in [1.54, 1.807) is 0 Å². The lowest BCUT2D eigenvalue weighted by atomic mass is 9.79. The molecular formula is C55H51N3O2. The molecule has 0 aliphatic carbocycles. The Hall–Kier alpha value is -6.72. The number of phenolic OH excluding ortho intramolecular Hbond substituents is 1. The Morgan fingerprint density at radius 2 is 1.27 bits per heavy atom. The van der Waals surface area contributed by atoms with Crippen molar-refractivity contribution in [2.75, 3.05) is 0 Å². The van der Waals surface area contributed by atoms with Gasteiger partial charge in [0.15, 0.2) is 5.58 Å². The maximum atomic E-state index is 12.3. The number of aryl methyl sites for hydroxylation is 3. The first-order valence-corrected chi connectivity index (χ1v) is 20.8. The zero-order chi connectivity index (χ0) is 42.1. The van der Waals surface area contributed by atoms with Gasteiger partial charge in [0.05, 0.1) is 34.2 Å². The van der Waals surface area contributed by atoms with Gasteiger partial charge in [-0.25, -0.2) is 4.98 Å². The second-order valence-electron chi connectivity index (χ2n) is 18.3. The van der Waals surface area contributed by atoms with Crippen molar-refractivity contribution < 1.29 is 9.52 Å². The summed E-state index contributed by atoms with van der Waals surface area (Å²) in [5.74, 6) is 1.80. The van der Waals surface area contributed by atoms with E-state index in [1.807, 2.05) is 12.3 Å². The van der Waals surface area contributed by atoms with Gasteiger partial charge in [-0.2, -0.15) is 0 Å². The Bertz CT molecular complexity index is 3070. The van der Waals surface area contributed by atoms with Crippen LogP contribution in [0.2, 0.25) is 0 Å². The van der Waals surface area contributed by atoms with Crippen molar-refractivity contribution in [2.24, 2.45) is 0 Å². The molecule has 0 bridgehead atoms. The van der Waals surface area contributed by atoms with Crippen LogP contribution < -0.4 is 0 Å². The number of pyridine rings is 1. The number of para-hydroxylation sites is 2. The number of hydrogen-bond donors (Lipinski definition) is 1. The Labute approximate surface area is 353 Å². The number of benzene rings is 6. The van der Waals surface area contributed by atoms with Crippen LogP contribution in [0, 0.1) is 20.8 Å². The van der Waals surface area contributed by atoms with Gasteiger partial charge in [0.2, 0.25) is 0 Å². The van der Waals surface area contributed by atoms with E-state index in [1.165, 1.54) is 16.7 Å². The number of rotatable bonds is 6. The SMILES string of the molecule is Cc1cc(C)c(-c2cc3cc(-c4cccc(-c5cccc6c5nc(-c5cc(C(C)(C)C)cc(C(C)(C)C)c5O)n6-c5ccccc5-c5ccccc5)c4)ncc3o2)c(C)c1. The second kappa shape index (κ2) is 14.5. The van der Waals surface area contributed by atoms with E-state index in [9.17, 15) is 5.11 Å². The number of imidazole rings is 1. The maximum absolute atomic E-state index is 12.3. The molecule has 0 fully saturated rings. The van der Waals surface area contributed by atoms with Gasteiger partial charge in [-0.3, -0.25) is 9.55 Å². The molecule has 0 unspecified atom stereocenters. The van der Waals surface area contributed by atoms with E-state index < -0.39 is 0 Å². The van der Waals surface area contributed by atoms with Gasteiger partial charge >= 0.3 is 0 Å². The van der Waals surface area contributed by atoms with Crippen LogP contribution in [0.5, 0.6) is 5.75 Å². The lowest BCUT2D eigenvalue weighted by Gasteiger charge is -2.27. The molecule has 5 heteroatoms. The Morgan fingerprint density at radius 3 is 2.00 bits per heavy atom. The van der Waals surface area contributed by atoms with E-state index in [4.69, 9.17) is 14.4 Å². The minimum absolute atomic E-state index is 0.166. The van der Waals surface area contributed by atoms with Crippen LogP contribution in [0.15, 0.2) is 144 Å². The third kappa shape index (κ3) is 6.88. The summed E-state index contributed by atoms with van der Waals surface area (Å²) in [5.41, 5.74) is 16.6. The highest BCUT2D eigenvalue weighted by Crippen LogP contribution is 2.45. The summed E-state index contributed by atoms with van der Waals surface area (Å²) in [7, 11) is 0. The Morgan fingerprint density at radius 1 is 0.600 bits per heavy atom. The van der Waals surface area contributed by atoms with E-state index in [0.717, 1.165) is 83.7 Å². The van der Waals surface area contributed by atoms with Crippen LogP contribution in [0.3, 0.4) is 0 Å². The highest BCUT2D eigenvalue weighted by atomic mass is 16.3. The molecule has 0 aliphatic rings. The minimum Gasteiger partial charge on any atom is -0.507 e. The first kappa shape index (κ1) is 38.8. The molecule has 5 nitrogen and oxygen atoms in total. The molecule has 3 aromatic heterocycles. The van der Waals surface area contributed by atoms with Crippen molar-refractivity contribution in [3.63, 3.8) is 0 Å². The van der Waals surface area contributed by atoms with Gasteiger partial charge in [-0.05, 0) is 95.8 Å². The molecule has 298 valence electrons. The smallest absolute Gasteiger partial charge is 0.153 e. The standard InChI is InChI=1S/C55H51N3O2/c1-33-25-34(2)50(35(3)26-33)48-29-39-28-45(56-32-49(39)60-48)38-20-15-19-37(27-38)42-22-16-24-47-51(42)57-53(43-30-40(54(4,5)6)31-44(52(43)59)55(7,8)9)58(47)46-23-14-13-21-41(46)36-17-11-10-12-18-36/h10-32,59H,1-9H3. The number of aromatic hydroxyl groups is 1. The monoisotopic (exact) mass is 785 g/mol. The van der Waals surface area contributed by atoms with Crippen LogP contribution >= 0.6 is 0 Å². The molecule has 0 aliphatic heterocycles. The predicted molar refractivity (Wildman–Crippen MR) is 249 cm³/mol. The van der Waals surface area contributed by atoms with Gasteiger partial charge in [-0.1, -0.05) is 144 Å². The van der Waals surface area contributed by atoms with Gasteiger partial charge < -0.3 is 9.52 Å². The largest absolute Gasteiger partial charge is 0.507 e. The first-order valence-electron chi connectivity index (χ1n) is 20.8. The van der Waals surface area contributed by atoms with E-state index >= 15 is 0 Å². The van der Waals surface area contributed by atoms with Crippen LogP contribution in [0.25, 0.3) is 83.9 Å². The summed E-state index contributed by atoms with van der Waals surface area (Å²) >= 11 is 0. The Balaban J connectivity index is 1.24. The summed E-state index contributed by atoms with van der Waals surface area (Å²) in [6.45, 7) is 19.5. The molecule has 0 amide bonds. The van der Waals surface area contributed by atoms with Gasteiger partial charge in [0.25, 0.3) is 0 Å². The van der Waals surface area contributed by atoms with Gasteiger partial charge in [-0.15, -0.1) is 0 Å². The van der Waals surface area contributed by atoms with E-state index in [-0.39, 0.29) is 16.6 Å². The average molecular weight is 786 g/mol. The van der Waals surface area contributed by atoms with E-state index in [0.29, 0.717) is 11.4 Å². The number of fused-ring (bicyclic) bond motifs is 2. The Kier molecular flexibility index (Phi) is 9.39. The normalized spacial score (nSPS) is 12.2. The molecule has 60 heavy (non-hydrogen) atoms. The summed E-state index contributed by atoms with van der Waals surface area (Å²) in [5, 5.41) is 13.3. The van der Waals surface area contributed by atoms with Crippen LogP contribution in [0.4, 0.5) is 0 Å². The van der Waals surface area contributed by atoms with Crippen molar-refractivity contribution in [2.45, 2.75) is 73.1 Å². The zero-order valence-corrected chi connectivity index (χ0v) is 36.0. The summed E-state index contributed by atoms with van der Waals surface area (Å²) in [4.78, 5) is 10.4. The number of furan rings is 1. The van der Waals surface area contributed by atoms with Crippen LogP contribution in [-0.4, -0.2) is 19.6 Å². The molecule has 3 heterocycles. The van der Waals surface area contributed by atoms with E-state index in [2.05, 4.69) is 194 Å². The highest BCUT2D eigenvalue weighted by Gasteiger charge is 2.29. The molecule has 6 aromatic carbocycles. The summed E-state index contributed by atoms with van der Waals surface area (Å²) in [6.07, 6.45) is 1.84. The molecule has 0 saturated heterocycles. The van der Waals surface area contributed by atoms with Crippen molar-refractivity contribution in [3.05, 3.63) is 167 Å². The molecular weight excluding hydrogens is 735 g/mol. The number of phenols is 1. The third-order valence-electron chi connectivity index (χ3n) is 11.7. The first-order chi connectivity index (χ1) is 28.7. The fourth-order valence-corrected chi connectivity index (χ4v) is 8.74. The zero-order valence-electron chi connectivity index (χ0n) is 36.0. The molecule has 9 rings (SSSR count). The number of nitrogens with zero attached hydrogens (tertiary/aromatic N) is 3. The molecule has 0 radical (unpaired) electrons.